The minimum absolute atomic E-state index is 0. The van der Waals surface area contributed by atoms with Crippen LogP contribution in [0.5, 0.6) is 0 Å². The van der Waals surface area contributed by atoms with Crippen LogP contribution in [0.1, 0.15) is 26.3 Å². The summed E-state index contributed by atoms with van der Waals surface area (Å²) in [5.41, 5.74) is 10.8. The summed E-state index contributed by atoms with van der Waals surface area (Å²) in [6, 6.07) is 10.3. The number of halogens is 1. The Hall–Kier alpha value is -1.55. The first-order chi connectivity index (χ1) is 7.73. The van der Waals surface area contributed by atoms with E-state index in [0.29, 0.717) is 0 Å². The van der Waals surface area contributed by atoms with Crippen molar-refractivity contribution in [2.45, 2.75) is 27.7 Å². The highest BCUT2D eigenvalue weighted by Gasteiger charge is 2.20. The molecule has 0 saturated heterocycles. The Labute approximate surface area is 115 Å². The number of benzene rings is 1. The lowest BCUT2D eigenvalue weighted by Crippen LogP contribution is -2.28. The molecule has 5 heteroatoms. The van der Waals surface area contributed by atoms with Gasteiger partial charge < -0.3 is 11.5 Å². The molecule has 1 rings (SSSR count). The van der Waals surface area contributed by atoms with E-state index in [1.165, 1.54) is 5.56 Å². The van der Waals surface area contributed by atoms with Crippen LogP contribution in [-0.4, -0.2) is 11.9 Å². The third-order valence-corrected chi connectivity index (χ3v) is 1.81. The molecule has 0 aliphatic rings. The fourth-order valence-corrected chi connectivity index (χ4v) is 0.819. The molecule has 1 aromatic rings. The predicted octanol–water partition coefficient (Wildman–Crippen LogP) is 2.25. The highest BCUT2D eigenvalue weighted by Crippen LogP contribution is 2.14. The van der Waals surface area contributed by atoms with Crippen LogP contribution in [0.25, 0.3) is 0 Å². The van der Waals surface area contributed by atoms with Gasteiger partial charge in [0.25, 0.3) is 5.91 Å². The van der Waals surface area contributed by atoms with Crippen molar-refractivity contribution in [2.24, 2.45) is 21.9 Å². The molecule has 0 fully saturated rings. The summed E-state index contributed by atoms with van der Waals surface area (Å²) < 4.78 is 0. The molecule has 0 aromatic heterocycles. The lowest BCUT2D eigenvalue weighted by molar-refractivity contribution is -0.124. The lowest BCUT2D eigenvalue weighted by atomic mass is 9.96. The SMILES string of the molecule is CC(C)(C)C(=O)N=C(N)N.Cc1ccccc1.Cl. The van der Waals surface area contributed by atoms with E-state index in [2.05, 4.69) is 24.0 Å². The van der Waals surface area contributed by atoms with Crippen molar-refractivity contribution in [1.82, 2.24) is 0 Å². The van der Waals surface area contributed by atoms with Crippen LogP contribution in [0.2, 0.25) is 0 Å². The zero-order chi connectivity index (χ0) is 13.5. The van der Waals surface area contributed by atoms with Crippen LogP contribution in [0, 0.1) is 12.3 Å². The summed E-state index contributed by atoms with van der Waals surface area (Å²) in [7, 11) is 0. The lowest BCUT2D eigenvalue weighted by Gasteiger charge is -2.11. The first-order valence-corrected chi connectivity index (χ1v) is 5.39. The van der Waals surface area contributed by atoms with Crippen molar-refractivity contribution < 1.29 is 4.79 Å². The number of hydrogen-bond acceptors (Lipinski definition) is 1. The van der Waals surface area contributed by atoms with Gasteiger partial charge in [0.15, 0.2) is 5.96 Å². The largest absolute Gasteiger partial charge is 0.370 e. The Bertz CT molecular complexity index is 379. The number of rotatable bonds is 0. The van der Waals surface area contributed by atoms with E-state index in [4.69, 9.17) is 11.5 Å². The van der Waals surface area contributed by atoms with Gasteiger partial charge >= 0.3 is 0 Å². The van der Waals surface area contributed by atoms with Gasteiger partial charge in [-0.15, -0.1) is 12.4 Å². The second-order valence-electron chi connectivity index (χ2n) is 4.75. The van der Waals surface area contributed by atoms with Crippen molar-refractivity contribution >= 4 is 24.3 Å². The van der Waals surface area contributed by atoms with Crippen molar-refractivity contribution in [3.8, 4) is 0 Å². The zero-order valence-corrected chi connectivity index (χ0v) is 12.1. The van der Waals surface area contributed by atoms with Crippen LogP contribution in [0.15, 0.2) is 35.3 Å². The van der Waals surface area contributed by atoms with Gasteiger partial charge in [-0.3, -0.25) is 4.79 Å². The van der Waals surface area contributed by atoms with Crippen molar-refractivity contribution in [1.29, 1.82) is 0 Å². The number of hydrogen-bond donors (Lipinski definition) is 2. The van der Waals surface area contributed by atoms with Crippen LogP contribution in [0.4, 0.5) is 0 Å². The molecule has 0 spiro atoms. The minimum atomic E-state index is -0.496. The topological polar surface area (TPSA) is 81.5 Å². The van der Waals surface area contributed by atoms with Crippen LogP contribution in [0.3, 0.4) is 0 Å². The van der Waals surface area contributed by atoms with Crippen LogP contribution in [-0.2, 0) is 4.79 Å². The van der Waals surface area contributed by atoms with Gasteiger partial charge in [0.2, 0.25) is 0 Å². The van der Waals surface area contributed by atoms with E-state index in [0.717, 1.165) is 0 Å². The predicted molar refractivity (Wildman–Crippen MR) is 78.7 cm³/mol. The highest BCUT2D eigenvalue weighted by molar-refractivity contribution is 5.93. The molecule has 18 heavy (non-hydrogen) atoms. The molecule has 4 nitrogen and oxygen atoms in total. The minimum Gasteiger partial charge on any atom is -0.370 e. The number of guanidine groups is 1. The Morgan fingerprint density at radius 3 is 1.72 bits per heavy atom. The number of aliphatic imine (C=N–C) groups is 1. The molecule has 0 unspecified atom stereocenters. The van der Waals surface area contributed by atoms with Gasteiger partial charge in [-0.25, -0.2) is 0 Å². The molecule has 1 amide bonds. The van der Waals surface area contributed by atoms with E-state index in [1.54, 1.807) is 20.8 Å². The molecule has 102 valence electrons. The number of carbonyl (C=O) groups is 1. The van der Waals surface area contributed by atoms with Gasteiger partial charge in [0.05, 0.1) is 0 Å². The Kier molecular flexibility index (Phi) is 8.91. The maximum Gasteiger partial charge on any atom is 0.254 e. The van der Waals surface area contributed by atoms with E-state index in [1.807, 2.05) is 18.2 Å². The smallest absolute Gasteiger partial charge is 0.254 e. The maximum atomic E-state index is 10.9. The van der Waals surface area contributed by atoms with Crippen LogP contribution < -0.4 is 11.5 Å². The fourth-order valence-electron chi connectivity index (χ4n) is 0.819. The van der Waals surface area contributed by atoms with Gasteiger partial charge in [0.1, 0.15) is 0 Å². The van der Waals surface area contributed by atoms with Crippen molar-refractivity contribution in [3.63, 3.8) is 0 Å². The Morgan fingerprint density at radius 1 is 1.11 bits per heavy atom. The average Bonchev–Trinajstić information content (AvgIpc) is 2.17. The molecular formula is C13H22ClN3O. The molecule has 1 aromatic carbocycles. The van der Waals surface area contributed by atoms with Crippen LogP contribution >= 0.6 is 12.4 Å². The summed E-state index contributed by atoms with van der Waals surface area (Å²) in [5.74, 6) is -0.479. The van der Waals surface area contributed by atoms with Gasteiger partial charge in [-0.05, 0) is 6.92 Å². The standard InChI is InChI=1S/C7H8.C6H13N3O.ClH/c1-7-5-3-2-4-6-7;1-6(2,3)4(10)9-5(7)8;/h2-6H,1H3;1-3H3,(H4,7,8,9,10);1H. The third-order valence-electron chi connectivity index (χ3n) is 1.81. The zero-order valence-electron chi connectivity index (χ0n) is 11.3. The third kappa shape index (κ3) is 9.66. The van der Waals surface area contributed by atoms with Gasteiger partial charge in [-0.2, -0.15) is 4.99 Å². The summed E-state index contributed by atoms with van der Waals surface area (Å²) in [6.45, 7) is 7.34. The molecule has 0 aliphatic carbocycles. The summed E-state index contributed by atoms with van der Waals surface area (Å²) in [5, 5.41) is 0. The average molecular weight is 272 g/mol. The molecule has 4 N–H and O–H groups in total. The Morgan fingerprint density at radius 2 is 1.56 bits per heavy atom. The normalized spacial score (nSPS) is 9.33. The van der Waals surface area contributed by atoms with Crippen molar-refractivity contribution in [2.75, 3.05) is 0 Å². The number of nitrogens with zero attached hydrogens (tertiary/aromatic N) is 1. The first-order valence-electron chi connectivity index (χ1n) is 5.39. The number of amides is 1. The molecule has 0 radical (unpaired) electrons. The summed E-state index contributed by atoms with van der Waals surface area (Å²) in [6.07, 6.45) is 0. The fraction of sp³-hybridized carbons (Fsp3) is 0.385. The monoisotopic (exact) mass is 271 g/mol. The number of aryl methyl sites for hydroxylation is 1. The quantitative estimate of drug-likeness (QED) is 0.561. The molecule has 0 aliphatic heterocycles. The Balaban J connectivity index is 0. The highest BCUT2D eigenvalue weighted by atomic mass is 35.5. The van der Waals surface area contributed by atoms with E-state index >= 15 is 0 Å². The first kappa shape index (κ1) is 18.8. The summed E-state index contributed by atoms with van der Waals surface area (Å²) in [4.78, 5) is 14.3. The van der Waals surface area contributed by atoms with Crippen molar-refractivity contribution in [3.05, 3.63) is 35.9 Å². The molecular weight excluding hydrogens is 250 g/mol. The maximum absolute atomic E-state index is 10.9. The molecule has 0 saturated carbocycles. The van der Waals surface area contributed by atoms with E-state index < -0.39 is 5.41 Å². The molecule has 0 heterocycles. The number of carbonyl (C=O) groups excluding carboxylic acids is 1. The second kappa shape index (κ2) is 8.53. The van der Waals surface area contributed by atoms with Gasteiger partial charge in [0, 0.05) is 5.41 Å². The van der Waals surface area contributed by atoms with E-state index in [-0.39, 0.29) is 24.3 Å². The molecule has 0 bridgehead atoms. The molecule has 0 atom stereocenters. The van der Waals surface area contributed by atoms with E-state index in [9.17, 15) is 4.79 Å². The van der Waals surface area contributed by atoms with Gasteiger partial charge in [-0.1, -0.05) is 56.7 Å². The second-order valence-corrected chi connectivity index (χ2v) is 4.75. The number of nitrogens with two attached hydrogens (primary N) is 2. The summed E-state index contributed by atoms with van der Waals surface area (Å²) >= 11 is 0.